The normalized spacial score (nSPS) is 21.5. The molecule has 5 aromatic carbocycles. The SMILES string of the molecule is N#Cc1ccc(-c2nc(-c3ccc(C#N)cc3)nc(-c3cc(-c4ccc(C56C[C@H](I)C[C@H](C[C@H](I)C5)C6)cc4)cc4ccccc34)n2)cc1. The quantitative estimate of drug-likeness (QED) is 0.127. The van der Waals surface area contributed by atoms with Crippen LogP contribution in [0.2, 0.25) is 0 Å². The van der Waals surface area contributed by atoms with Crippen LogP contribution in [-0.4, -0.2) is 22.8 Å². The number of hydrogen-bond acceptors (Lipinski definition) is 5. The van der Waals surface area contributed by atoms with E-state index in [1.807, 2.05) is 30.3 Å². The molecular formula is C42H31I2N5. The molecule has 0 N–H and O–H groups in total. The Morgan fingerprint density at radius 1 is 0.571 bits per heavy atom. The van der Waals surface area contributed by atoms with Crippen molar-refractivity contribution in [2.45, 2.75) is 45.4 Å². The van der Waals surface area contributed by atoms with Crippen LogP contribution in [0.3, 0.4) is 0 Å². The van der Waals surface area contributed by atoms with Crippen molar-refractivity contribution < 1.29 is 0 Å². The summed E-state index contributed by atoms with van der Waals surface area (Å²) in [6.45, 7) is 0. The molecule has 7 heteroatoms. The fraction of sp³-hybridized carbons (Fsp3) is 0.214. The van der Waals surface area contributed by atoms with Crippen molar-refractivity contribution in [2.24, 2.45) is 5.92 Å². The van der Waals surface area contributed by atoms with E-state index in [9.17, 15) is 10.5 Å². The van der Waals surface area contributed by atoms with Crippen LogP contribution in [0.1, 0.15) is 48.8 Å². The predicted octanol–water partition coefficient (Wildman–Crippen LogP) is 10.9. The van der Waals surface area contributed by atoms with Gasteiger partial charge in [0, 0.05) is 24.5 Å². The maximum atomic E-state index is 9.37. The van der Waals surface area contributed by atoms with Crippen LogP contribution in [0.25, 0.3) is 56.1 Å². The van der Waals surface area contributed by atoms with E-state index in [2.05, 4.69) is 112 Å². The summed E-state index contributed by atoms with van der Waals surface area (Å²) in [5.41, 5.74) is 7.70. The van der Waals surface area contributed by atoms with Gasteiger partial charge in [-0.25, -0.2) is 15.0 Å². The van der Waals surface area contributed by atoms with Crippen molar-refractivity contribution in [3.05, 3.63) is 126 Å². The van der Waals surface area contributed by atoms with Crippen molar-refractivity contribution in [3.63, 3.8) is 0 Å². The molecule has 8 rings (SSSR count). The molecule has 2 bridgehead atoms. The molecule has 2 aliphatic rings. The summed E-state index contributed by atoms with van der Waals surface area (Å²) in [4.78, 5) is 14.9. The maximum absolute atomic E-state index is 9.37. The molecule has 4 atom stereocenters. The van der Waals surface area contributed by atoms with Crippen LogP contribution in [0.4, 0.5) is 0 Å². The molecule has 0 amide bonds. The van der Waals surface area contributed by atoms with Crippen molar-refractivity contribution in [3.8, 4) is 57.4 Å². The van der Waals surface area contributed by atoms with Gasteiger partial charge in [-0.1, -0.05) is 93.7 Å². The van der Waals surface area contributed by atoms with E-state index >= 15 is 0 Å². The summed E-state index contributed by atoms with van der Waals surface area (Å²) >= 11 is 5.39. The fourth-order valence-electron chi connectivity index (χ4n) is 7.98. The van der Waals surface area contributed by atoms with E-state index in [1.54, 1.807) is 24.3 Å². The molecule has 5 nitrogen and oxygen atoms in total. The highest BCUT2D eigenvalue weighted by molar-refractivity contribution is 14.1. The zero-order chi connectivity index (χ0) is 33.5. The van der Waals surface area contributed by atoms with Crippen LogP contribution in [-0.2, 0) is 5.41 Å². The van der Waals surface area contributed by atoms with Gasteiger partial charge in [-0.15, -0.1) is 0 Å². The third-order valence-electron chi connectivity index (χ3n) is 10.2. The first-order valence-corrected chi connectivity index (χ1v) is 19.1. The van der Waals surface area contributed by atoms with E-state index in [4.69, 9.17) is 15.0 Å². The van der Waals surface area contributed by atoms with Crippen LogP contribution in [0.5, 0.6) is 0 Å². The smallest absolute Gasteiger partial charge is 0.164 e. The monoisotopic (exact) mass is 859 g/mol. The van der Waals surface area contributed by atoms with Crippen LogP contribution >= 0.6 is 45.2 Å². The van der Waals surface area contributed by atoms with Gasteiger partial charge in [-0.3, -0.25) is 0 Å². The first-order valence-electron chi connectivity index (χ1n) is 16.6. The molecule has 238 valence electrons. The number of benzene rings is 5. The van der Waals surface area contributed by atoms with Gasteiger partial charge in [-0.05, 0) is 132 Å². The van der Waals surface area contributed by atoms with Gasteiger partial charge in [0.25, 0.3) is 0 Å². The number of fused-ring (bicyclic) bond motifs is 3. The number of nitrogens with zero attached hydrogens (tertiary/aromatic N) is 5. The van der Waals surface area contributed by atoms with Gasteiger partial charge >= 0.3 is 0 Å². The molecule has 2 aliphatic carbocycles. The number of nitriles is 2. The van der Waals surface area contributed by atoms with Gasteiger partial charge < -0.3 is 0 Å². The number of hydrogen-bond donors (Lipinski definition) is 0. The number of aromatic nitrogens is 3. The highest BCUT2D eigenvalue weighted by Gasteiger charge is 2.46. The second-order valence-electron chi connectivity index (χ2n) is 13.4. The van der Waals surface area contributed by atoms with Crippen molar-refractivity contribution >= 4 is 56.0 Å². The van der Waals surface area contributed by atoms with Crippen LogP contribution in [0.15, 0.2) is 109 Å². The van der Waals surface area contributed by atoms with Crippen LogP contribution < -0.4 is 0 Å². The van der Waals surface area contributed by atoms with Gasteiger partial charge in [0.2, 0.25) is 0 Å². The van der Waals surface area contributed by atoms with Crippen molar-refractivity contribution in [1.29, 1.82) is 10.5 Å². The minimum absolute atomic E-state index is 0.278. The van der Waals surface area contributed by atoms with E-state index in [1.165, 1.54) is 43.2 Å². The average molecular weight is 860 g/mol. The third-order valence-corrected chi connectivity index (χ3v) is 12.1. The number of halogens is 2. The van der Waals surface area contributed by atoms with Gasteiger partial charge in [0.05, 0.1) is 23.3 Å². The first kappa shape index (κ1) is 32.0. The summed E-state index contributed by atoms with van der Waals surface area (Å²) in [6, 6.07) is 41.2. The minimum Gasteiger partial charge on any atom is -0.208 e. The third kappa shape index (κ3) is 6.35. The predicted molar refractivity (Wildman–Crippen MR) is 212 cm³/mol. The summed E-state index contributed by atoms with van der Waals surface area (Å²) < 4.78 is 1.48. The molecule has 2 saturated carbocycles. The Morgan fingerprint density at radius 3 is 1.67 bits per heavy atom. The molecule has 0 radical (unpaired) electrons. The molecule has 0 aliphatic heterocycles. The van der Waals surface area contributed by atoms with E-state index in [0.29, 0.717) is 28.6 Å². The lowest BCUT2D eigenvalue weighted by Gasteiger charge is -2.49. The molecule has 1 unspecified atom stereocenters. The van der Waals surface area contributed by atoms with E-state index in [-0.39, 0.29) is 5.41 Å². The van der Waals surface area contributed by atoms with Gasteiger partial charge in [0.15, 0.2) is 17.5 Å². The highest BCUT2D eigenvalue weighted by Crippen LogP contribution is 2.54. The zero-order valence-corrected chi connectivity index (χ0v) is 31.0. The Morgan fingerprint density at radius 2 is 1.10 bits per heavy atom. The molecule has 2 fully saturated rings. The topological polar surface area (TPSA) is 86.2 Å². The number of alkyl halides is 2. The van der Waals surface area contributed by atoms with Crippen molar-refractivity contribution in [2.75, 3.05) is 0 Å². The summed E-state index contributed by atoms with van der Waals surface area (Å²) in [6.07, 6.45) is 6.57. The average Bonchev–Trinajstić information content (AvgIpc) is 3.13. The Kier molecular flexibility index (Phi) is 8.67. The lowest BCUT2D eigenvalue weighted by atomic mass is 9.59. The molecule has 6 aromatic rings. The van der Waals surface area contributed by atoms with Gasteiger partial charge in [-0.2, -0.15) is 10.5 Å². The minimum atomic E-state index is 0.278. The second-order valence-corrected chi connectivity index (χ2v) is 17.0. The molecular weight excluding hydrogens is 828 g/mol. The summed E-state index contributed by atoms with van der Waals surface area (Å²) in [7, 11) is 0. The zero-order valence-electron chi connectivity index (χ0n) is 26.7. The first-order chi connectivity index (χ1) is 23.9. The second kappa shape index (κ2) is 13.3. The Hall–Kier alpha value is -4.19. The lowest BCUT2D eigenvalue weighted by molar-refractivity contribution is 0.167. The van der Waals surface area contributed by atoms with Crippen LogP contribution in [0, 0.1) is 28.6 Å². The highest BCUT2D eigenvalue weighted by atomic mass is 127. The largest absolute Gasteiger partial charge is 0.208 e. The number of rotatable bonds is 5. The van der Waals surface area contributed by atoms with E-state index in [0.717, 1.165) is 46.8 Å². The van der Waals surface area contributed by atoms with Gasteiger partial charge in [0.1, 0.15) is 0 Å². The van der Waals surface area contributed by atoms with E-state index < -0.39 is 0 Å². The standard InChI is InChI=1S/C42H31I2N5/c43-35-17-28-18-36(44)23-42(21-28,22-35)34-15-13-29(14-16-34)33-19-32-3-1-2-4-37(32)38(20-33)41-48-39(30-9-5-26(24-45)6-10-30)47-40(49-41)31-11-7-27(25-46)8-12-31/h1-16,19-20,28,35-36H,17-18,21-23H2/t28-,35-,36+,42?. The molecule has 1 aromatic heterocycles. The fourth-order valence-corrected chi connectivity index (χ4v) is 11.1. The maximum Gasteiger partial charge on any atom is 0.164 e. The lowest BCUT2D eigenvalue weighted by Crippen LogP contribution is -2.44. The van der Waals surface area contributed by atoms with Crippen molar-refractivity contribution in [1.82, 2.24) is 15.0 Å². The Bertz CT molecular complexity index is 2170. The molecule has 0 spiro atoms. The Labute approximate surface area is 313 Å². The molecule has 49 heavy (non-hydrogen) atoms. The summed E-state index contributed by atoms with van der Waals surface area (Å²) in [5.74, 6) is 2.44. The molecule has 1 heterocycles. The Balaban J connectivity index is 1.25. The molecule has 0 saturated heterocycles. The summed E-state index contributed by atoms with van der Waals surface area (Å²) in [5, 5.41) is 20.9.